The maximum Gasteiger partial charge on any atom is 0.175 e. The first-order valence-electron chi connectivity index (χ1n) is 29.6. The van der Waals surface area contributed by atoms with Gasteiger partial charge in [-0.1, -0.05) is 48.2 Å². The van der Waals surface area contributed by atoms with Gasteiger partial charge in [-0.25, -0.2) is 0 Å². The Labute approximate surface area is 470 Å². The molecule has 6 N–H and O–H groups in total. The predicted molar refractivity (Wildman–Crippen MR) is 313 cm³/mol. The zero-order chi connectivity index (χ0) is 53.1. The van der Waals surface area contributed by atoms with Crippen molar-refractivity contribution in [1.82, 2.24) is 40.2 Å². The van der Waals surface area contributed by atoms with Gasteiger partial charge in [0.1, 0.15) is 11.5 Å². The van der Waals surface area contributed by atoms with E-state index in [9.17, 15) is 10.2 Å². The number of aliphatic hydroxyl groups excluding tert-OH is 2. The number of ketones is 1. The van der Waals surface area contributed by atoms with E-state index < -0.39 is 12.1 Å². The lowest BCUT2D eigenvalue weighted by Gasteiger charge is -2.30. The molecular formula is C63H80Cl2N8O5. The number of hydrogen-bond donors (Lipinski definition) is 6. The summed E-state index contributed by atoms with van der Waals surface area (Å²) in [5.41, 5.74) is 11.8. The molecule has 416 valence electrons. The second kappa shape index (κ2) is 24.7. The smallest absolute Gasteiger partial charge is 0.175 e. The maximum atomic E-state index is 15.8. The fourth-order valence-electron chi connectivity index (χ4n) is 13.7. The normalized spacial score (nSPS) is 21.2. The number of aromatic nitrogens is 2. The average molecular weight is 1100 g/mol. The number of Topliss-reactive ketones (excluding diaryl/α,β-unsaturated/α-hetero) is 1. The van der Waals surface area contributed by atoms with Crippen LogP contribution in [0.25, 0.3) is 44.3 Å². The van der Waals surface area contributed by atoms with Gasteiger partial charge in [-0.2, -0.15) is 0 Å². The van der Waals surface area contributed by atoms with Gasteiger partial charge < -0.3 is 39.5 Å². The standard InChI is InChI=1S/C63H80Cl2N8O5/c64-59-49-35-66-61(57(49)47(33-55(59)77-27-7-21-70-23-13-41(39-74)14-24-70)53-31-45-29-43(9-11-51(45)68-53)37-72-17-3-1-4-18-72)63(76)62-58-48(54-32-46-30-44(10-12-52(46)69-54)38-73-19-5-2-6-20-73)34-56(60(65)50(58)36-67-62)78-28-8-22-71-25-15-42(40-75)16-26-71/h9-12,29-34,41-42,61-62,66-69,74-75H,1-8,13-28,35-40H2. The van der Waals surface area contributed by atoms with E-state index in [0.29, 0.717) is 59.7 Å². The molecule has 2 aromatic heterocycles. The number of carbonyl (C=O) groups excluding carboxylic acids is 1. The number of halogens is 2. The Morgan fingerprint density at radius 3 is 1.37 bits per heavy atom. The minimum Gasteiger partial charge on any atom is -0.492 e. The summed E-state index contributed by atoms with van der Waals surface area (Å²) < 4.78 is 13.2. The van der Waals surface area contributed by atoms with Crippen LogP contribution < -0.4 is 20.1 Å². The molecule has 4 saturated heterocycles. The van der Waals surface area contributed by atoms with Crippen LogP contribution in [-0.4, -0.2) is 137 Å². The van der Waals surface area contributed by atoms with Gasteiger partial charge in [0.15, 0.2) is 5.78 Å². The Morgan fingerprint density at radius 2 is 0.962 bits per heavy atom. The Balaban J connectivity index is 0.862. The molecular weight excluding hydrogens is 1020 g/mol. The van der Waals surface area contributed by atoms with Crippen LogP contribution in [0.1, 0.15) is 123 Å². The molecule has 0 amide bonds. The number of rotatable bonds is 20. The van der Waals surface area contributed by atoms with Gasteiger partial charge in [-0.15, -0.1) is 0 Å². The van der Waals surface area contributed by atoms with Crippen LogP contribution in [0.15, 0.2) is 60.7 Å². The molecule has 0 bridgehead atoms. The summed E-state index contributed by atoms with van der Waals surface area (Å²) in [6.45, 7) is 14.6. The van der Waals surface area contributed by atoms with Crippen LogP contribution in [-0.2, 0) is 31.0 Å². The average Bonchev–Trinajstić information content (AvgIpc) is 4.47. The number of ether oxygens (including phenoxy) is 2. The topological polar surface area (TPSA) is 145 Å². The molecule has 0 spiro atoms. The van der Waals surface area contributed by atoms with Gasteiger partial charge in [0.05, 0.1) is 35.3 Å². The lowest BCUT2D eigenvalue weighted by molar-refractivity contribution is -0.123. The van der Waals surface area contributed by atoms with Crippen LogP contribution in [0.5, 0.6) is 11.5 Å². The summed E-state index contributed by atoms with van der Waals surface area (Å²) in [5, 5.41) is 30.0. The quantitative estimate of drug-likeness (QED) is 0.0407. The highest BCUT2D eigenvalue weighted by atomic mass is 35.5. The summed E-state index contributed by atoms with van der Waals surface area (Å²) in [6, 6.07) is 20.7. The van der Waals surface area contributed by atoms with E-state index in [-0.39, 0.29) is 19.0 Å². The number of piperidine rings is 4. The van der Waals surface area contributed by atoms with Gasteiger partial charge in [-0.05, 0) is 210 Å². The molecule has 0 saturated carbocycles. The minimum atomic E-state index is -0.682. The molecule has 2 atom stereocenters. The number of hydrogen-bond acceptors (Lipinski definition) is 11. The van der Waals surface area contributed by atoms with Crippen molar-refractivity contribution < 1.29 is 24.5 Å². The first-order chi connectivity index (χ1) is 38.3. The number of benzene rings is 4. The van der Waals surface area contributed by atoms with E-state index in [0.717, 1.165) is 184 Å². The number of nitrogens with one attached hydrogen (secondary N) is 4. The molecule has 0 radical (unpaired) electrons. The second-order valence-electron chi connectivity index (χ2n) is 23.5. The predicted octanol–water partition coefficient (Wildman–Crippen LogP) is 10.8. The van der Waals surface area contributed by atoms with Crippen molar-refractivity contribution in [3.8, 4) is 34.0 Å². The maximum absolute atomic E-state index is 15.8. The Hall–Kier alpha value is -4.51. The molecule has 13 nitrogen and oxygen atoms in total. The molecule has 12 rings (SSSR count). The van der Waals surface area contributed by atoms with Gasteiger partial charge in [0.2, 0.25) is 0 Å². The number of nitrogens with zero attached hydrogens (tertiary/aromatic N) is 4. The number of carbonyl (C=O) groups is 1. The van der Waals surface area contributed by atoms with E-state index in [1.54, 1.807) is 0 Å². The summed E-state index contributed by atoms with van der Waals surface area (Å²) in [6.07, 6.45) is 13.4. The highest BCUT2D eigenvalue weighted by Crippen LogP contribution is 2.49. The highest BCUT2D eigenvalue weighted by Gasteiger charge is 2.42. The molecule has 78 heavy (non-hydrogen) atoms. The van der Waals surface area contributed by atoms with E-state index >= 15 is 4.79 Å². The van der Waals surface area contributed by atoms with E-state index in [2.05, 4.69) is 101 Å². The summed E-state index contributed by atoms with van der Waals surface area (Å²) >= 11 is 14.9. The van der Waals surface area contributed by atoms with Crippen molar-refractivity contribution in [2.45, 2.75) is 115 Å². The zero-order valence-corrected chi connectivity index (χ0v) is 47.0. The van der Waals surface area contributed by atoms with Crippen LogP contribution in [0.2, 0.25) is 10.0 Å². The summed E-state index contributed by atoms with van der Waals surface area (Å²) in [7, 11) is 0. The molecule has 15 heteroatoms. The number of likely N-dealkylation sites (tertiary alicyclic amines) is 4. The van der Waals surface area contributed by atoms with Crippen molar-refractivity contribution in [3.63, 3.8) is 0 Å². The third-order valence-corrected chi connectivity index (χ3v) is 19.0. The Kier molecular flexibility index (Phi) is 17.1. The molecule has 2 unspecified atom stereocenters. The van der Waals surface area contributed by atoms with E-state index in [1.807, 2.05) is 0 Å². The lowest BCUT2D eigenvalue weighted by atomic mass is 9.87. The number of fused-ring (bicyclic) bond motifs is 4. The van der Waals surface area contributed by atoms with Crippen LogP contribution in [0, 0.1) is 11.8 Å². The van der Waals surface area contributed by atoms with E-state index in [4.69, 9.17) is 32.7 Å². The first-order valence-corrected chi connectivity index (χ1v) is 30.3. The monoisotopic (exact) mass is 1100 g/mol. The van der Waals surface area contributed by atoms with Gasteiger partial charge >= 0.3 is 0 Å². The van der Waals surface area contributed by atoms with Crippen molar-refractivity contribution in [2.24, 2.45) is 11.8 Å². The summed E-state index contributed by atoms with van der Waals surface area (Å²) in [5.74, 6) is 2.05. The number of aromatic amines is 2. The number of aliphatic hydroxyl groups is 2. The minimum absolute atomic E-state index is 0.000680. The second-order valence-corrected chi connectivity index (χ2v) is 24.3. The first kappa shape index (κ1) is 54.1. The van der Waals surface area contributed by atoms with E-state index in [1.165, 1.54) is 49.7 Å². The fraction of sp³-hybridized carbons (Fsp3) is 0.540. The summed E-state index contributed by atoms with van der Waals surface area (Å²) in [4.78, 5) is 33.4. The van der Waals surface area contributed by atoms with Crippen LogP contribution in [0.3, 0.4) is 0 Å². The SMILES string of the molecule is O=C(C1NCc2c(Cl)c(OCCCN3CCC(CO)CC3)cc(-c3cc4cc(CN5CCCCC5)ccc4[nH]3)c21)C1NCc2c(Cl)c(OCCCN3CCC(CO)CC3)cc(-c3cc4cc(CN5CCCCC5)ccc4[nH]3)c21. The third-order valence-electron chi connectivity index (χ3n) is 18.2. The lowest BCUT2D eigenvalue weighted by Crippen LogP contribution is -2.35. The van der Waals surface area contributed by atoms with Crippen LogP contribution in [0.4, 0.5) is 0 Å². The Bertz CT molecular complexity index is 2860. The molecule has 6 aromatic rings. The fourth-order valence-corrected chi connectivity index (χ4v) is 14.2. The van der Waals surface area contributed by atoms with Gasteiger partial charge in [0, 0.05) is 96.8 Å². The number of H-pyrrole nitrogens is 2. The largest absolute Gasteiger partial charge is 0.492 e. The van der Waals surface area contributed by atoms with Crippen molar-refractivity contribution in [2.75, 3.05) is 91.9 Å². The Morgan fingerprint density at radius 1 is 0.538 bits per heavy atom. The molecule has 4 aromatic carbocycles. The van der Waals surface area contributed by atoms with Crippen molar-refractivity contribution in [1.29, 1.82) is 0 Å². The molecule has 0 aliphatic carbocycles. The van der Waals surface area contributed by atoms with Gasteiger partial charge in [-0.3, -0.25) is 25.2 Å². The molecule has 6 aliphatic rings. The third kappa shape index (κ3) is 11.8. The van der Waals surface area contributed by atoms with Crippen molar-refractivity contribution >= 4 is 50.8 Å². The van der Waals surface area contributed by atoms with Crippen LogP contribution >= 0.6 is 23.2 Å². The zero-order valence-electron chi connectivity index (χ0n) is 45.5. The van der Waals surface area contributed by atoms with Gasteiger partial charge in [0.25, 0.3) is 0 Å². The molecule has 4 fully saturated rings. The highest BCUT2D eigenvalue weighted by molar-refractivity contribution is 6.34. The molecule has 8 heterocycles. The van der Waals surface area contributed by atoms with Crippen molar-refractivity contribution in [3.05, 3.63) is 104 Å². The molecule has 6 aliphatic heterocycles.